The molecule has 0 aromatic carbocycles. The first kappa shape index (κ1) is 10.3. The van der Waals surface area contributed by atoms with E-state index in [1.165, 1.54) is 23.5 Å². The Morgan fingerprint density at radius 2 is 1.57 bits per heavy atom. The molecule has 2 aliphatic heterocycles. The number of hydrogen-bond acceptors (Lipinski definition) is 7. The molecule has 0 amide bonds. The molecule has 0 aromatic rings. The molecule has 14 heavy (non-hydrogen) atoms. The molecule has 2 heterocycles. The molecule has 0 radical (unpaired) electrons. The smallest absolute Gasteiger partial charge is 0.344 e. The molecule has 0 N–H and O–H groups in total. The molecule has 0 atom stereocenters. The Kier molecular flexibility index (Phi) is 3.71. The zero-order chi connectivity index (χ0) is 9.80. The second-order valence-corrected chi connectivity index (χ2v) is 5.20. The first-order chi connectivity index (χ1) is 6.84. The Morgan fingerprint density at radius 1 is 1.07 bits per heavy atom. The maximum Gasteiger partial charge on any atom is 0.421 e. The molecular weight excluding hydrogens is 244 g/mol. The van der Waals surface area contributed by atoms with Crippen molar-refractivity contribution in [3.63, 3.8) is 0 Å². The van der Waals surface area contributed by atoms with Crippen molar-refractivity contribution in [2.75, 3.05) is 24.6 Å². The minimum atomic E-state index is -1.80. The molecular formula is C6H8N2O3S3. The van der Waals surface area contributed by atoms with Crippen LogP contribution in [0.1, 0.15) is 0 Å². The van der Waals surface area contributed by atoms with Crippen molar-refractivity contribution in [1.29, 1.82) is 0 Å². The van der Waals surface area contributed by atoms with E-state index in [1.54, 1.807) is 0 Å². The van der Waals surface area contributed by atoms with E-state index in [9.17, 15) is 4.21 Å². The molecule has 0 unspecified atom stereocenters. The average molecular weight is 252 g/mol. The van der Waals surface area contributed by atoms with E-state index in [0.29, 0.717) is 23.5 Å². The number of aliphatic imine (C=N–C) groups is 2. The maximum absolute atomic E-state index is 11.2. The lowest BCUT2D eigenvalue weighted by Gasteiger charge is -2.02. The van der Waals surface area contributed by atoms with Gasteiger partial charge >= 0.3 is 11.4 Å². The third kappa shape index (κ3) is 2.89. The molecule has 0 saturated carbocycles. The van der Waals surface area contributed by atoms with Crippen molar-refractivity contribution in [3.05, 3.63) is 0 Å². The van der Waals surface area contributed by atoms with Crippen LogP contribution in [0.25, 0.3) is 0 Å². The van der Waals surface area contributed by atoms with E-state index >= 15 is 0 Å². The molecule has 0 saturated heterocycles. The fourth-order valence-electron chi connectivity index (χ4n) is 0.865. The Hall–Kier alpha value is -0.210. The quantitative estimate of drug-likeness (QED) is 0.727. The number of hydrogen-bond donors (Lipinski definition) is 0. The maximum atomic E-state index is 11.2. The van der Waals surface area contributed by atoms with Gasteiger partial charge in [-0.25, -0.2) is 9.98 Å². The highest BCUT2D eigenvalue weighted by molar-refractivity contribution is 8.15. The van der Waals surface area contributed by atoms with Gasteiger partial charge in [-0.15, -0.1) is 0 Å². The Morgan fingerprint density at radius 3 is 1.93 bits per heavy atom. The van der Waals surface area contributed by atoms with E-state index in [1.807, 2.05) is 0 Å². The molecule has 78 valence electrons. The normalized spacial score (nSPS) is 20.9. The molecule has 0 aromatic heterocycles. The topological polar surface area (TPSA) is 60.2 Å². The van der Waals surface area contributed by atoms with Gasteiger partial charge in [-0.3, -0.25) is 0 Å². The molecule has 0 spiro atoms. The van der Waals surface area contributed by atoms with Gasteiger partial charge < -0.3 is 8.37 Å². The van der Waals surface area contributed by atoms with Crippen molar-refractivity contribution >= 4 is 45.3 Å². The Bertz CT molecular complexity index is 277. The Labute approximate surface area is 92.6 Å². The van der Waals surface area contributed by atoms with Crippen molar-refractivity contribution in [2.24, 2.45) is 9.98 Å². The highest BCUT2D eigenvalue weighted by Gasteiger charge is 2.17. The molecule has 0 aliphatic carbocycles. The minimum absolute atomic E-state index is 0.437. The van der Waals surface area contributed by atoms with E-state index in [0.717, 1.165) is 11.5 Å². The summed E-state index contributed by atoms with van der Waals surface area (Å²) >= 11 is 1.07. The molecule has 2 rings (SSSR count). The van der Waals surface area contributed by atoms with Crippen LogP contribution in [-0.4, -0.2) is 39.3 Å². The zero-order valence-electron chi connectivity index (χ0n) is 7.17. The van der Waals surface area contributed by atoms with Crippen LogP contribution >= 0.6 is 23.5 Å². The van der Waals surface area contributed by atoms with E-state index in [4.69, 9.17) is 8.37 Å². The lowest BCUT2D eigenvalue weighted by atomic mass is 10.8. The summed E-state index contributed by atoms with van der Waals surface area (Å²) in [6.07, 6.45) is 0. The van der Waals surface area contributed by atoms with Crippen molar-refractivity contribution < 1.29 is 12.6 Å². The predicted octanol–water partition coefficient (Wildman–Crippen LogP) is 0.804. The van der Waals surface area contributed by atoms with E-state index in [2.05, 4.69) is 9.98 Å². The summed E-state index contributed by atoms with van der Waals surface area (Å²) in [6, 6.07) is 0. The Balaban J connectivity index is 1.78. The van der Waals surface area contributed by atoms with Gasteiger partial charge in [0, 0.05) is 11.5 Å². The third-order valence-electron chi connectivity index (χ3n) is 1.39. The first-order valence-corrected chi connectivity index (χ1v) is 6.94. The SMILES string of the molecule is O=S(OC1=NCCS1)OC1=NCCS1. The van der Waals surface area contributed by atoms with Crippen LogP contribution in [0.4, 0.5) is 0 Å². The highest BCUT2D eigenvalue weighted by Crippen LogP contribution is 2.17. The summed E-state index contributed by atoms with van der Waals surface area (Å²) in [5, 5.41) is 0.874. The summed E-state index contributed by atoms with van der Waals surface area (Å²) in [7, 11) is 0. The van der Waals surface area contributed by atoms with Gasteiger partial charge in [0.15, 0.2) is 0 Å². The van der Waals surface area contributed by atoms with Gasteiger partial charge in [0.2, 0.25) is 0 Å². The van der Waals surface area contributed by atoms with Gasteiger partial charge in [-0.05, 0) is 0 Å². The first-order valence-electron chi connectivity index (χ1n) is 3.97. The minimum Gasteiger partial charge on any atom is -0.344 e. The molecule has 0 bridgehead atoms. The number of rotatable bonds is 2. The van der Waals surface area contributed by atoms with Crippen molar-refractivity contribution in [2.45, 2.75) is 0 Å². The molecule has 5 nitrogen and oxygen atoms in total. The average Bonchev–Trinajstić information content (AvgIpc) is 2.76. The van der Waals surface area contributed by atoms with Crippen LogP contribution in [-0.2, 0) is 19.7 Å². The van der Waals surface area contributed by atoms with Crippen molar-refractivity contribution in [1.82, 2.24) is 0 Å². The standard InChI is InChI=1S/C6H8N2O3S3/c9-14(10-5-7-1-3-12-5)11-6-8-2-4-13-6/h1-4H2. The van der Waals surface area contributed by atoms with Crippen LogP contribution in [0, 0.1) is 0 Å². The highest BCUT2D eigenvalue weighted by atomic mass is 32.2. The van der Waals surface area contributed by atoms with Crippen LogP contribution in [0.5, 0.6) is 0 Å². The van der Waals surface area contributed by atoms with Gasteiger partial charge in [-0.2, -0.15) is 4.21 Å². The summed E-state index contributed by atoms with van der Waals surface area (Å²) in [5.41, 5.74) is 0. The summed E-state index contributed by atoms with van der Waals surface area (Å²) < 4.78 is 21.1. The number of thioether (sulfide) groups is 2. The molecule has 8 heteroatoms. The van der Waals surface area contributed by atoms with Gasteiger partial charge in [0.25, 0.3) is 10.5 Å². The molecule has 0 fully saturated rings. The summed E-state index contributed by atoms with van der Waals surface area (Å²) in [5.74, 6) is 1.75. The molecule has 2 aliphatic rings. The second kappa shape index (κ2) is 5.04. The van der Waals surface area contributed by atoms with E-state index < -0.39 is 11.4 Å². The van der Waals surface area contributed by atoms with Crippen LogP contribution in [0.15, 0.2) is 9.98 Å². The lowest BCUT2D eigenvalue weighted by molar-refractivity contribution is 0.465. The van der Waals surface area contributed by atoms with Crippen LogP contribution in [0.3, 0.4) is 0 Å². The van der Waals surface area contributed by atoms with Crippen molar-refractivity contribution in [3.8, 4) is 0 Å². The summed E-state index contributed by atoms with van der Waals surface area (Å²) in [6.45, 7) is 1.43. The fraction of sp³-hybridized carbons (Fsp3) is 0.667. The van der Waals surface area contributed by atoms with E-state index in [-0.39, 0.29) is 0 Å². The fourth-order valence-corrected chi connectivity index (χ4v) is 3.04. The third-order valence-corrected chi connectivity index (χ3v) is 3.89. The largest absolute Gasteiger partial charge is 0.421 e. The van der Waals surface area contributed by atoms with Crippen LogP contribution < -0.4 is 0 Å². The van der Waals surface area contributed by atoms with Gasteiger partial charge in [-0.1, -0.05) is 23.5 Å². The van der Waals surface area contributed by atoms with Gasteiger partial charge in [0.05, 0.1) is 13.1 Å². The number of nitrogens with zero attached hydrogens (tertiary/aromatic N) is 2. The van der Waals surface area contributed by atoms with Gasteiger partial charge in [0.1, 0.15) is 0 Å². The van der Waals surface area contributed by atoms with Crippen LogP contribution in [0.2, 0.25) is 0 Å². The summed E-state index contributed by atoms with van der Waals surface area (Å²) in [4.78, 5) is 7.98. The second-order valence-electron chi connectivity index (χ2n) is 2.36. The zero-order valence-corrected chi connectivity index (χ0v) is 9.62. The monoisotopic (exact) mass is 252 g/mol. The predicted molar refractivity (Wildman–Crippen MR) is 59.8 cm³/mol. The lowest BCUT2D eigenvalue weighted by Crippen LogP contribution is -2.08.